The summed E-state index contributed by atoms with van der Waals surface area (Å²) in [6.45, 7) is 9.64. The largest absolute Gasteiger partial charge is 0.347 e. The zero-order valence-electron chi connectivity index (χ0n) is 8.47. The molecule has 0 spiro atoms. The van der Waals surface area contributed by atoms with Gasteiger partial charge in [-0.15, -0.1) is 0 Å². The van der Waals surface area contributed by atoms with E-state index in [1.807, 2.05) is 20.8 Å². The smallest absolute Gasteiger partial charge is 0.300 e. The van der Waals surface area contributed by atoms with Gasteiger partial charge in [-0.25, -0.2) is 4.79 Å². The molecule has 0 heterocycles. The van der Waals surface area contributed by atoms with Crippen LogP contribution in [-0.2, 0) is 9.68 Å². The van der Waals surface area contributed by atoms with Crippen molar-refractivity contribution in [2.45, 2.75) is 41.0 Å². The molecule has 12 heavy (non-hydrogen) atoms. The van der Waals surface area contributed by atoms with Crippen LogP contribution in [0, 0.1) is 10.8 Å². The summed E-state index contributed by atoms with van der Waals surface area (Å²) in [6.07, 6.45) is 0.680. The summed E-state index contributed by atoms with van der Waals surface area (Å²) < 4.78 is 0. The Morgan fingerprint density at radius 2 is 1.67 bits per heavy atom. The normalized spacial score (nSPS) is 12.8. The van der Waals surface area contributed by atoms with Crippen molar-refractivity contribution in [2.75, 3.05) is 0 Å². The third-order valence-electron chi connectivity index (χ3n) is 1.61. The van der Waals surface area contributed by atoms with Crippen LogP contribution < -0.4 is 0 Å². The van der Waals surface area contributed by atoms with Gasteiger partial charge >= 0.3 is 5.97 Å². The van der Waals surface area contributed by atoms with Crippen LogP contribution in [0.25, 0.3) is 0 Å². The maximum Gasteiger partial charge on any atom is 0.347 e. The maximum absolute atomic E-state index is 11.0. The van der Waals surface area contributed by atoms with Crippen molar-refractivity contribution in [3.8, 4) is 0 Å². The topological polar surface area (TPSA) is 46.5 Å². The van der Waals surface area contributed by atoms with Crippen molar-refractivity contribution in [2.24, 2.45) is 10.8 Å². The average molecular weight is 174 g/mol. The zero-order chi connectivity index (χ0) is 9.99. The Hall–Kier alpha value is -0.570. The van der Waals surface area contributed by atoms with E-state index in [1.54, 1.807) is 13.8 Å². The Balaban J connectivity index is 4.32. The van der Waals surface area contributed by atoms with E-state index >= 15 is 0 Å². The van der Waals surface area contributed by atoms with Crippen molar-refractivity contribution in [3.63, 3.8) is 0 Å². The lowest BCUT2D eigenvalue weighted by molar-refractivity contribution is -0.245. The Bertz CT molecular complexity index is 165. The standard InChI is InChI=1S/C9H18O3/c1-8(2,3)6-9(4,5)7(10)12-11/h11H,6H2,1-5H3. The van der Waals surface area contributed by atoms with E-state index < -0.39 is 11.4 Å². The van der Waals surface area contributed by atoms with E-state index in [2.05, 4.69) is 4.89 Å². The number of hydrogen-bond donors (Lipinski definition) is 1. The van der Waals surface area contributed by atoms with Gasteiger partial charge in [-0.2, -0.15) is 5.26 Å². The van der Waals surface area contributed by atoms with Crippen LogP contribution in [0.1, 0.15) is 41.0 Å². The molecule has 0 radical (unpaired) electrons. The van der Waals surface area contributed by atoms with Gasteiger partial charge in [0.2, 0.25) is 0 Å². The highest BCUT2D eigenvalue weighted by atomic mass is 17.1. The molecule has 0 unspecified atom stereocenters. The lowest BCUT2D eigenvalue weighted by Crippen LogP contribution is -2.30. The third kappa shape index (κ3) is 3.72. The summed E-state index contributed by atoms with van der Waals surface area (Å²) in [5.74, 6) is -0.572. The maximum atomic E-state index is 11.0. The number of carbonyl (C=O) groups excluding carboxylic acids is 1. The highest BCUT2D eigenvalue weighted by molar-refractivity contribution is 5.75. The Morgan fingerprint density at radius 3 is 1.92 bits per heavy atom. The molecule has 1 N–H and O–H groups in total. The van der Waals surface area contributed by atoms with Gasteiger partial charge in [0.15, 0.2) is 0 Å². The second-order valence-corrected chi connectivity index (χ2v) is 5.00. The van der Waals surface area contributed by atoms with Crippen LogP contribution >= 0.6 is 0 Å². The number of hydrogen-bond acceptors (Lipinski definition) is 3. The predicted octanol–water partition coefficient (Wildman–Crippen LogP) is 2.46. The fourth-order valence-electron chi connectivity index (χ4n) is 1.52. The van der Waals surface area contributed by atoms with Crippen molar-refractivity contribution < 1.29 is 14.9 Å². The van der Waals surface area contributed by atoms with Gasteiger partial charge < -0.3 is 4.89 Å². The van der Waals surface area contributed by atoms with Gasteiger partial charge in [-0.3, -0.25) is 0 Å². The molecule has 0 amide bonds. The Morgan fingerprint density at radius 1 is 1.25 bits per heavy atom. The van der Waals surface area contributed by atoms with E-state index in [4.69, 9.17) is 5.26 Å². The van der Waals surface area contributed by atoms with Crippen LogP contribution in [0.5, 0.6) is 0 Å². The molecule has 0 bridgehead atoms. The van der Waals surface area contributed by atoms with Gasteiger partial charge in [0, 0.05) is 0 Å². The lowest BCUT2D eigenvalue weighted by Gasteiger charge is -2.28. The molecule has 0 aliphatic heterocycles. The first-order chi connectivity index (χ1) is 5.19. The molecule has 0 saturated carbocycles. The lowest BCUT2D eigenvalue weighted by atomic mass is 9.76. The molecule has 3 nitrogen and oxygen atoms in total. The molecular formula is C9H18O3. The molecule has 0 aromatic heterocycles. The average Bonchev–Trinajstić information content (AvgIpc) is 1.80. The molecule has 0 aromatic carbocycles. The minimum Gasteiger partial charge on any atom is -0.300 e. The van der Waals surface area contributed by atoms with Crippen LogP contribution in [0.2, 0.25) is 0 Å². The minimum absolute atomic E-state index is 0.0533. The van der Waals surface area contributed by atoms with Gasteiger partial charge in [0.25, 0.3) is 0 Å². The Kier molecular flexibility index (Phi) is 3.27. The van der Waals surface area contributed by atoms with E-state index in [1.165, 1.54) is 0 Å². The van der Waals surface area contributed by atoms with Crippen LogP contribution in [-0.4, -0.2) is 11.2 Å². The van der Waals surface area contributed by atoms with Gasteiger partial charge in [0.1, 0.15) is 0 Å². The third-order valence-corrected chi connectivity index (χ3v) is 1.61. The van der Waals surface area contributed by atoms with Crippen molar-refractivity contribution in [1.29, 1.82) is 0 Å². The van der Waals surface area contributed by atoms with Crippen LogP contribution in [0.4, 0.5) is 0 Å². The van der Waals surface area contributed by atoms with E-state index in [0.29, 0.717) is 6.42 Å². The molecule has 0 aromatic rings. The van der Waals surface area contributed by atoms with E-state index in [9.17, 15) is 4.79 Å². The molecule has 3 heteroatoms. The summed E-state index contributed by atoms with van der Waals surface area (Å²) in [7, 11) is 0. The quantitative estimate of drug-likeness (QED) is 0.516. The second-order valence-electron chi connectivity index (χ2n) is 5.00. The predicted molar refractivity (Wildman–Crippen MR) is 46.6 cm³/mol. The number of carbonyl (C=O) groups is 1. The van der Waals surface area contributed by atoms with Crippen LogP contribution in [0.15, 0.2) is 0 Å². The molecule has 0 atom stereocenters. The van der Waals surface area contributed by atoms with Crippen LogP contribution in [0.3, 0.4) is 0 Å². The molecule has 0 aliphatic carbocycles. The number of rotatable bonds is 2. The molecular weight excluding hydrogens is 156 g/mol. The molecule has 0 fully saturated rings. The second kappa shape index (κ2) is 3.44. The molecule has 0 aliphatic rings. The fraction of sp³-hybridized carbons (Fsp3) is 0.889. The first-order valence-electron chi connectivity index (χ1n) is 4.05. The summed E-state index contributed by atoms with van der Waals surface area (Å²) in [5.41, 5.74) is -0.565. The minimum atomic E-state index is -0.618. The van der Waals surface area contributed by atoms with Gasteiger partial charge in [0.05, 0.1) is 5.41 Å². The highest BCUT2D eigenvalue weighted by Gasteiger charge is 2.34. The summed E-state index contributed by atoms with van der Waals surface area (Å²) in [6, 6.07) is 0. The van der Waals surface area contributed by atoms with Crippen molar-refractivity contribution in [1.82, 2.24) is 0 Å². The fourth-order valence-corrected chi connectivity index (χ4v) is 1.52. The first-order valence-corrected chi connectivity index (χ1v) is 4.05. The molecule has 0 rings (SSSR count). The first kappa shape index (κ1) is 11.4. The molecule has 0 saturated heterocycles. The monoisotopic (exact) mass is 174 g/mol. The summed E-state index contributed by atoms with van der Waals surface area (Å²) in [4.78, 5) is 14.8. The molecule has 72 valence electrons. The summed E-state index contributed by atoms with van der Waals surface area (Å²) >= 11 is 0. The summed E-state index contributed by atoms with van der Waals surface area (Å²) in [5, 5.41) is 8.22. The SMILES string of the molecule is CC(C)(C)CC(C)(C)C(=O)OO. The van der Waals surface area contributed by atoms with Gasteiger partial charge in [-0.05, 0) is 25.7 Å². The van der Waals surface area contributed by atoms with E-state index in [-0.39, 0.29) is 5.41 Å². The highest BCUT2D eigenvalue weighted by Crippen LogP contribution is 2.33. The Labute approximate surface area is 73.7 Å². The van der Waals surface area contributed by atoms with E-state index in [0.717, 1.165) is 0 Å². The van der Waals surface area contributed by atoms with Gasteiger partial charge in [-0.1, -0.05) is 20.8 Å². The zero-order valence-corrected chi connectivity index (χ0v) is 8.47. The van der Waals surface area contributed by atoms with Crippen molar-refractivity contribution in [3.05, 3.63) is 0 Å². The van der Waals surface area contributed by atoms with Crippen molar-refractivity contribution >= 4 is 5.97 Å².